The number of aliphatic carboxylic acids is 2. The Morgan fingerprint density at radius 3 is 1.33 bits per heavy atom. The predicted molar refractivity (Wildman–Crippen MR) is 77.4 cm³/mol. The maximum atomic E-state index is 9.55. The number of carbonyl (C=O) groups is 2. The van der Waals surface area contributed by atoms with Crippen molar-refractivity contribution in [1.82, 2.24) is 0 Å². The third-order valence-electron chi connectivity index (χ3n) is 2.09. The number of ether oxygens (including phenoxy) is 1. The van der Waals surface area contributed by atoms with Gasteiger partial charge in [0.05, 0.1) is 0 Å². The molecule has 0 heterocycles. The Bertz CT molecular complexity index is 537. The summed E-state index contributed by atoms with van der Waals surface area (Å²) in [5.74, 6) is -0.776. The SMILES string of the molecule is O=C(O)C=CC(=O)O.c1ccc(Oc2ccccc2)cc1. The van der Waals surface area contributed by atoms with E-state index in [-0.39, 0.29) is 0 Å². The first-order chi connectivity index (χ1) is 10.1. The highest BCUT2D eigenvalue weighted by atomic mass is 16.5. The van der Waals surface area contributed by atoms with Crippen molar-refractivity contribution < 1.29 is 24.5 Å². The maximum absolute atomic E-state index is 9.55. The molecule has 0 aliphatic heterocycles. The van der Waals surface area contributed by atoms with Gasteiger partial charge in [0.2, 0.25) is 0 Å². The van der Waals surface area contributed by atoms with Crippen LogP contribution in [0.3, 0.4) is 0 Å². The van der Waals surface area contributed by atoms with Crippen LogP contribution in [0.1, 0.15) is 0 Å². The van der Waals surface area contributed by atoms with E-state index >= 15 is 0 Å². The molecule has 0 aliphatic rings. The van der Waals surface area contributed by atoms with Gasteiger partial charge in [-0.1, -0.05) is 36.4 Å². The van der Waals surface area contributed by atoms with Gasteiger partial charge < -0.3 is 14.9 Å². The van der Waals surface area contributed by atoms with E-state index in [9.17, 15) is 9.59 Å². The maximum Gasteiger partial charge on any atom is 0.328 e. The average Bonchev–Trinajstić information content (AvgIpc) is 2.48. The summed E-state index contributed by atoms with van der Waals surface area (Å²) in [5, 5.41) is 15.6. The molecule has 0 spiro atoms. The molecule has 0 saturated carbocycles. The van der Waals surface area contributed by atoms with Gasteiger partial charge in [0, 0.05) is 12.2 Å². The number of hydrogen-bond acceptors (Lipinski definition) is 3. The van der Waals surface area contributed by atoms with Gasteiger partial charge in [0.1, 0.15) is 11.5 Å². The molecule has 0 aliphatic carbocycles. The van der Waals surface area contributed by atoms with Crippen LogP contribution in [0.25, 0.3) is 0 Å². The van der Waals surface area contributed by atoms with Crippen LogP contribution in [0.2, 0.25) is 0 Å². The lowest BCUT2D eigenvalue weighted by molar-refractivity contribution is -0.134. The zero-order valence-electron chi connectivity index (χ0n) is 11.0. The highest BCUT2D eigenvalue weighted by Crippen LogP contribution is 2.19. The Hall–Kier alpha value is -3.08. The van der Waals surface area contributed by atoms with Gasteiger partial charge >= 0.3 is 11.9 Å². The number of carboxylic acids is 2. The first-order valence-corrected chi connectivity index (χ1v) is 6.00. The summed E-state index contributed by atoms with van der Waals surface area (Å²) in [5.41, 5.74) is 0. The average molecular weight is 286 g/mol. The van der Waals surface area contributed by atoms with Crippen LogP contribution in [0, 0.1) is 0 Å². The molecule has 2 aromatic carbocycles. The Morgan fingerprint density at radius 2 is 1.05 bits per heavy atom. The van der Waals surface area contributed by atoms with Crippen molar-refractivity contribution in [3.8, 4) is 11.5 Å². The lowest BCUT2D eigenvalue weighted by Gasteiger charge is -2.03. The summed E-state index contributed by atoms with van der Waals surface area (Å²) in [7, 11) is 0. The molecule has 0 fully saturated rings. The second kappa shape index (κ2) is 8.92. The van der Waals surface area contributed by atoms with E-state index in [0.717, 1.165) is 11.5 Å². The summed E-state index contributed by atoms with van der Waals surface area (Å²) in [6.07, 6.45) is 1.12. The van der Waals surface area contributed by atoms with Crippen LogP contribution in [0.5, 0.6) is 11.5 Å². The summed E-state index contributed by atoms with van der Waals surface area (Å²) in [6, 6.07) is 19.5. The van der Waals surface area contributed by atoms with Crippen LogP contribution in [-0.4, -0.2) is 22.2 Å². The normalized spacial score (nSPS) is 9.52. The van der Waals surface area contributed by atoms with Crippen LogP contribution in [0.4, 0.5) is 0 Å². The fourth-order valence-electron chi connectivity index (χ4n) is 1.26. The van der Waals surface area contributed by atoms with E-state index in [1.54, 1.807) is 0 Å². The summed E-state index contributed by atoms with van der Waals surface area (Å²) in [4.78, 5) is 19.1. The summed E-state index contributed by atoms with van der Waals surface area (Å²) < 4.78 is 5.58. The van der Waals surface area contributed by atoms with Crippen molar-refractivity contribution in [1.29, 1.82) is 0 Å². The van der Waals surface area contributed by atoms with Crippen LogP contribution < -0.4 is 4.74 Å². The third-order valence-corrected chi connectivity index (χ3v) is 2.09. The Balaban J connectivity index is 0.000000240. The number of para-hydroxylation sites is 2. The number of benzene rings is 2. The first kappa shape index (κ1) is 16.0. The second-order valence-electron chi connectivity index (χ2n) is 3.74. The monoisotopic (exact) mass is 286 g/mol. The molecule has 0 atom stereocenters. The lowest BCUT2D eigenvalue weighted by atomic mass is 10.3. The number of carboxylic acid groups (broad SMARTS) is 2. The highest BCUT2D eigenvalue weighted by Gasteiger charge is 1.92. The Labute approximate surface area is 121 Å². The molecule has 5 heteroatoms. The molecule has 0 aromatic heterocycles. The van der Waals surface area contributed by atoms with Gasteiger partial charge in [-0.3, -0.25) is 0 Å². The number of hydrogen-bond donors (Lipinski definition) is 2. The summed E-state index contributed by atoms with van der Waals surface area (Å²) in [6.45, 7) is 0. The largest absolute Gasteiger partial charge is 0.478 e. The molecule has 0 unspecified atom stereocenters. The van der Waals surface area contributed by atoms with Crippen molar-refractivity contribution in [2.45, 2.75) is 0 Å². The van der Waals surface area contributed by atoms with Crippen molar-refractivity contribution >= 4 is 11.9 Å². The molecule has 0 bridgehead atoms. The van der Waals surface area contributed by atoms with E-state index in [0.29, 0.717) is 12.2 Å². The van der Waals surface area contributed by atoms with Gasteiger partial charge in [-0.2, -0.15) is 0 Å². The minimum absolute atomic E-state index is 0.558. The van der Waals surface area contributed by atoms with Crippen molar-refractivity contribution in [3.05, 3.63) is 72.8 Å². The van der Waals surface area contributed by atoms with Gasteiger partial charge in [-0.25, -0.2) is 9.59 Å². The zero-order valence-corrected chi connectivity index (χ0v) is 11.0. The predicted octanol–water partition coefficient (Wildman–Crippen LogP) is 3.19. The topological polar surface area (TPSA) is 83.8 Å². The Morgan fingerprint density at radius 1 is 0.714 bits per heavy atom. The molecule has 2 N–H and O–H groups in total. The van der Waals surface area contributed by atoms with E-state index in [1.165, 1.54) is 0 Å². The van der Waals surface area contributed by atoms with Gasteiger partial charge in [0.25, 0.3) is 0 Å². The van der Waals surface area contributed by atoms with Gasteiger partial charge in [0.15, 0.2) is 0 Å². The lowest BCUT2D eigenvalue weighted by Crippen LogP contribution is -1.91. The Kier molecular flexibility index (Phi) is 6.79. The van der Waals surface area contributed by atoms with Gasteiger partial charge in [-0.05, 0) is 24.3 Å². The number of rotatable bonds is 4. The molecule has 2 aromatic rings. The minimum atomic E-state index is -1.26. The zero-order chi connectivity index (χ0) is 15.5. The fraction of sp³-hybridized carbons (Fsp3) is 0. The molecular formula is C16H14O5. The molecular weight excluding hydrogens is 272 g/mol. The minimum Gasteiger partial charge on any atom is -0.478 e. The smallest absolute Gasteiger partial charge is 0.328 e. The highest BCUT2D eigenvalue weighted by molar-refractivity contribution is 5.89. The third kappa shape index (κ3) is 7.84. The molecule has 5 nitrogen and oxygen atoms in total. The molecule has 0 saturated heterocycles. The van der Waals surface area contributed by atoms with E-state index in [4.69, 9.17) is 14.9 Å². The fourth-order valence-corrected chi connectivity index (χ4v) is 1.26. The van der Waals surface area contributed by atoms with E-state index in [1.807, 2.05) is 60.7 Å². The molecule has 21 heavy (non-hydrogen) atoms. The molecule has 2 rings (SSSR count). The van der Waals surface area contributed by atoms with Gasteiger partial charge in [-0.15, -0.1) is 0 Å². The van der Waals surface area contributed by atoms with Crippen LogP contribution in [-0.2, 0) is 9.59 Å². The second-order valence-corrected chi connectivity index (χ2v) is 3.74. The molecule has 0 radical (unpaired) electrons. The quantitative estimate of drug-likeness (QED) is 0.843. The van der Waals surface area contributed by atoms with Crippen molar-refractivity contribution in [2.75, 3.05) is 0 Å². The van der Waals surface area contributed by atoms with E-state index in [2.05, 4.69) is 0 Å². The summed E-state index contributed by atoms with van der Waals surface area (Å²) >= 11 is 0. The molecule has 0 amide bonds. The first-order valence-electron chi connectivity index (χ1n) is 6.00. The van der Waals surface area contributed by atoms with Crippen LogP contribution >= 0.6 is 0 Å². The van der Waals surface area contributed by atoms with Crippen molar-refractivity contribution in [3.63, 3.8) is 0 Å². The standard InChI is InChI=1S/C12H10O.C4H4O4/c1-3-7-11(8-4-1)13-12-9-5-2-6-10-12;5-3(6)1-2-4(7)8/h1-10H;1-2H,(H,5,6)(H,7,8). The van der Waals surface area contributed by atoms with Crippen molar-refractivity contribution in [2.24, 2.45) is 0 Å². The van der Waals surface area contributed by atoms with E-state index < -0.39 is 11.9 Å². The van der Waals surface area contributed by atoms with Crippen LogP contribution in [0.15, 0.2) is 72.8 Å². The molecule has 108 valence electrons.